The van der Waals surface area contributed by atoms with Crippen LogP contribution in [-0.4, -0.2) is 28.5 Å². The monoisotopic (exact) mass is 329 g/mol. The Kier molecular flexibility index (Phi) is 5.42. The number of nitrogens with two attached hydrogens (primary N) is 1. The topological polar surface area (TPSA) is 53.1 Å². The van der Waals surface area contributed by atoms with E-state index in [4.69, 9.17) is 10.5 Å². The van der Waals surface area contributed by atoms with Crippen molar-refractivity contribution < 1.29 is 4.74 Å². The number of hydrogen-bond donors (Lipinski definition) is 1. The number of nitrogens with zero attached hydrogens (tertiary/aromatic N) is 2. The molecule has 1 aromatic heterocycles. The molecule has 0 bridgehead atoms. The molecule has 1 saturated heterocycles. The minimum Gasteiger partial charge on any atom is -0.378 e. The summed E-state index contributed by atoms with van der Waals surface area (Å²) in [5, 5.41) is 4.51. The summed E-state index contributed by atoms with van der Waals surface area (Å²) in [6.07, 6.45) is 6.75. The van der Waals surface area contributed by atoms with Crippen LogP contribution in [0.1, 0.15) is 44.0 Å². The zero-order chi connectivity index (χ0) is 13.8. The summed E-state index contributed by atoms with van der Waals surface area (Å²) in [6.45, 7) is 3.04. The Hall–Kier alpha value is -0.390. The van der Waals surface area contributed by atoms with Crippen LogP contribution in [-0.2, 0) is 24.6 Å². The predicted octanol–water partition coefficient (Wildman–Crippen LogP) is 2.57. The molecule has 1 fully saturated rings. The van der Waals surface area contributed by atoms with Crippen LogP contribution in [0.4, 0.5) is 0 Å². The Labute approximate surface area is 123 Å². The number of rotatable bonds is 6. The van der Waals surface area contributed by atoms with Gasteiger partial charge in [-0.3, -0.25) is 4.68 Å². The maximum Gasteiger partial charge on any atom is 0.0766 e. The maximum atomic E-state index is 6.25. The van der Waals surface area contributed by atoms with Gasteiger partial charge in [0.2, 0.25) is 0 Å². The standard InChI is InChI=1S/C14H24BrN3O/c1-3-12-14(15)13(18(2)17-12)9-10(16)6-7-11-5-4-8-19-11/h10-11H,3-9,16H2,1-2H3. The lowest BCUT2D eigenvalue weighted by molar-refractivity contribution is 0.101. The summed E-state index contributed by atoms with van der Waals surface area (Å²) in [5.41, 5.74) is 8.57. The highest BCUT2D eigenvalue weighted by molar-refractivity contribution is 9.10. The first kappa shape index (κ1) is 15.0. The molecule has 1 aliphatic heterocycles. The van der Waals surface area contributed by atoms with Gasteiger partial charge in [-0.2, -0.15) is 5.10 Å². The number of halogens is 1. The first-order valence-electron chi connectivity index (χ1n) is 7.19. The Morgan fingerprint density at radius 3 is 2.95 bits per heavy atom. The Morgan fingerprint density at radius 1 is 1.58 bits per heavy atom. The smallest absolute Gasteiger partial charge is 0.0766 e. The second-order valence-corrected chi connectivity index (χ2v) is 6.15. The lowest BCUT2D eigenvalue weighted by Gasteiger charge is -2.15. The van der Waals surface area contributed by atoms with Gasteiger partial charge in [-0.15, -0.1) is 0 Å². The van der Waals surface area contributed by atoms with Crippen molar-refractivity contribution >= 4 is 15.9 Å². The van der Waals surface area contributed by atoms with Gasteiger partial charge in [-0.25, -0.2) is 0 Å². The molecule has 2 heterocycles. The van der Waals surface area contributed by atoms with E-state index in [2.05, 4.69) is 28.0 Å². The average Bonchev–Trinajstić information content (AvgIpc) is 2.99. The van der Waals surface area contributed by atoms with E-state index in [1.807, 2.05) is 11.7 Å². The minimum atomic E-state index is 0.181. The SMILES string of the molecule is CCc1nn(C)c(CC(N)CCC2CCCO2)c1Br. The van der Waals surface area contributed by atoms with E-state index in [1.165, 1.54) is 18.5 Å². The van der Waals surface area contributed by atoms with Gasteiger partial charge in [-0.05, 0) is 48.0 Å². The molecular formula is C14H24BrN3O. The number of aromatic nitrogens is 2. The highest BCUT2D eigenvalue weighted by atomic mass is 79.9. The van der Waals surface area contributed by atoms with E-state index >= 15 is 0 Å². The molecule has 1 aromatic rings. The van der Waals surface area contributed by atoms with Crippen molar-refractivity contribution in [2.45, 2.75) is 57.6 Å². The normalized spacial score (nSPS) is 20.9. The van der Waals surface area contributed by atoms with Crippen molar-refractivity contribution in [3.05, 3.63) is 15.9 Å². The van der Waals surface area contributed by atoms with Crippen LogP contribution in [0.3, 0.4) is 0 Å². The van der Waals surface area contributed by atoms with Crippen LogP contribution < -0.4 is 5.73 Å². The minimum absolute atomic E-state index is 0.181. The molecule has 0 spiro atoms. The molecule has 0 radical (unpaired) electrons. The molecule has 1 aliphatic rings. The van der Waals surface area contributed by atoms with E-state index in [-0.39, 0.29) is 6.04 Å². The highest BCUT2D eigenvalue weighted by Crippen LogP contribution is 2.24. The van der Waals surface area contributed by atoms with E-state index in [0.717, 1.165) is 42.5 Å². The quantitative estimate of drug-likeness (QED) is 0.872. The van der Waals surface area contributed by atoms with Crippen LogP contribution in [0, 0.1) is 0 Å². The third-order valence-electron chi connectivity index (χ3n) is 3.84. The molecule has 4 nitrogen and oxygen atoms in total. The Bertz CT molecular complexity index is 413. The summed E-state index contributed by atoms with van der Waals surface area (Å²) in [7, 11) is 1.99. The number of hydrogen-bond acceptors (Lipinski definition) is 3. The van der Waals surface area contributed by atoms with Gasteiger partial charge in [0.15, 0.2) is 0 Å². The fraction of sp³-hybridized carbons (Fsp3) is 0.786. The van der Waals surface area contributed by atoms with Crippen LogP contribution in [0.2, 0.25) is 0 Å². The lowest BCUT2D eigenvalue weighted by Crippen LogP contribution is -2.25. The Balaban J connectivity index is 1.87. The largest absolute Gasteiger partial charge is 0.378 e. The first-order chi connectivity index (χ1) is 9.11. The summed E-state index contributed by atoms with van der Waals surface area (Å²) in [4.78, 5) is 0. The van der Waals surface area contributed by atoms with E-state index in [0.29, 0.717) is 6.10 Å². The van der Waals surface area contributed by atoms with Crippen molar-refractivity contribution in [3.8, 4) is 0 Å². The van der Waals surface area contributed by atoms with Crippen molar-refractivity contribution in [1.82, 2.24) is 9.78 Å². The molecular weight excluding hydrogens is 306 g/mol. The molecule has 0 amide bonds. The van der Waals surface area contributed by atoms with Crippen molar-refractivity contribution in [2.24, 2.45) is 12.8 Å². The van der Waals surface area contributed by atoms with Gasteiger partial charge in [0, 0.05) is 26.1 Å². The average molecular weight is 330 g/mol. The van der Waals surface area contributed by atoms with Crippen molar-refractivity contribution in [2.75, 3.05) is 6.61 Å². The van der Waals surface area contributed by atoms with E-state index in [1.54, 1.807) is 0 Å². The van der Waals surface area contributed by atoms with E-state index < -0.39 is 0 Å². The third-order valence-corrected chi connectivity index (χ3v) is 4.76. The summed E-state index contributed by atoms with van der Waals surface area (Å²) in [6, 6.07) is 0.181. The zero-order valence-corrected chi connectivity index (χ0v) is 13.4. The van der Waals surface area contributed by atoms with Gasteiger partial charge in [0.25, 0.3) is 0 Å². The van der Waals surface area contributed by atoms with Gasteiger partial charge in [0.1, 0.15) is 0 Å². The third kappa shape index (κ3) is 3.80. The molecule has 5 heteroatoms. The van der Waals surface area contributed by atoms with Crippen LogP contribution in [0.25, 0.3) is 0 Å². The van der Waals surface area contributed by atoms with Crippen LogP contribution in [0.5, 0.6) is 0 Å². The molecule has 0 aromatic carbocycles. The highest BCUT2D eigenvalue weighted by Gasteiger charge is 2.19. The zero-order valence-electron chi connectivity index (χ0n) is 11.9. The van der Waals surface area contributed by atoms with Crippen molar-refractivity contribution in [3.63, 3.8) is 0 Å². The van der Waals surface area contributed by atoms with E-state index in [9.17, 15) is 0 Å². The molecule has 2 N–H and O–H groups in total. The molecule has 0 saturated carbocycles. The van der Waals surface area contributed by atoms with Crippen LogP contribution in [0.15, 0.2) is 4.47 Å². The van der Waals surface area contributed by atoms with Gasteiger partial charge in [-0.1, -0.05) is 6.92 Å². The lowest BCUT2D eigenvalue weighted by atomic mass is 10.0. The molecule has 19 heavy (non-hydrogen) atoms. The predicted molar refractivity (Wildman–Crippen MR) is 80.2 cm³/mol. The second kappa shape index (κ2) is 6.86. The molecule has 108 valence electrons. The summed E-state index contributed by atoms with van der Waals surface area (Å²) < 4.78 is 8.72. The Morgan fingerprint density at radius 2 is 2.37 bits per heavy atom. The maximum absolute atomic E-state index is 6.25. The summed E-state index contributed by atoms with van der Waals surface area (Å²) in [5.74, 6) is 0. The van der Waals surface area contributed by atoms with Gasteiger partial charge in [0.05, 0.1) is 22.0 Å². The first-order valence-corrected chi connectivity index (χ1v) is 7.98. The second-order valence-electron chi connectivity index (χ2n) is 5.36. The van der Waals surface area contributed by atoms with Crippen LogP contribution >= 0.6 is 15.9 Å². The molecule has 2 unspecified atom stereocenters. The number of aryl methyl sites for hydroxylation is 2. The fourth-order valence-electron chi connectivity index (χ4n) is 2.66. The van der Waals surface area contributed by atoms with Gasteiger partial charge < -0.3 is 10.5 Å². The fourth-order valence-corrected chi connectivity index (χ4v) is 3.44. The molecule has 0 aliphatic carbocycles. The number of ether oxygens (including phenoxy) is 1. The summed E-state index contributed by atoms with van der Waals surface area (Å²) >= 11 is 3.64. The molecule has 2 rings (SSSR count). The van der Waals surface area contributed by atoms with Crippen molar-refractivity contribution in [1.29, 1.82) is 0 Å². The van der Waals surface area contributed by atoms with Gasteiger partial charge >= 0.3 is 0 Å². The molecule has 2 atom stereocenters.